The molecule has 4 nitrogen and oxygen atoms in total. The van der Waals surface area contributed by atoms with Crippen LogP contribution in [-0.4, -0.2) is 37.7 Å². The Morgan fingerprint density at radius 1 is 1.09 bits per heavy atom. The van der Waals surface area contributed by atoms with Crippen LogP contribution < -0.4 is 0 Å². The average molecular weight is 334 g/mol. The summed E-state index contributed by atoms with van der Waals surface area (Å²) in [5.74, 6) is -0.379. The van der Waals surface area contributed by atoms with E-state index >= 15 is 0 Å². The fourth-order valence-corrected chi connectivity index (χ4v) is 3.97. The lowest BCUT2D eigenvalue weighted by molar-refractivity contribution is 0.0631. The fourth-order valence-electron chi connectivity index (χ4n) is 2.49. The van der Waals surface area contributed by atoms with Gasteiger partial charge >= 0.3 is 0 Å². The topological polar surface area (TPSA) is 46.6 Å². The molecule has 1 atom stereocenters. The molecule has 1 aromatic rings. The average Bonchev–Trinajstić information content (AvgIpc) is 2.68. The Bertz CT molecular complexity index is 584. The van der Waals surface area contributed by atoms with E-state index < -0.39 is 8.32 Å². The van der Waals surface area contributed by atoms with Crippen LogP contribution in [0, 0.1) is 0 Å². The van der Waals surface area contributed by atoms with E-state index in [1.165, 1.54) is 4.90 Å². The second kappa shape index (κ2) is 6.21. The van der Waals surface area contributed by atoms with Crippen LogP contribution >= 0.6 is 0 Å². The molecule has 0 fully saturated rings. The van der Waals surface area contributed by atoms with Crippen molar-refractivity contribution in [1.82, 2.24) is 4.90 Å². The van der Waals surface area contributed by atoms with Gasteiger partial charge in [-0.2, -0.15) is 0 Å². The molecule has 0 radical (unpaired) electrons. The summed E-state index contributed by atoms with van der Waals surface area (Å²) in [5, 5.41) is 0.150. The summed E-state index contributed by atoms with van der Waals surface area (Å²) >= 11 is 0. The maximum absolute atomic E-state index is 12.3. The monoisotopic (exact) mass is 333 g/mol. The molecule has 2 amide bonds. The van der Waals surface area contributed by atoms with Crippen LogP contribution in [0.1, 0.15) is 54.8 Å². The molecule has 0 unspecified atom stereocenters. The third-order valence-electron chi connectivity index (χ3n) is 4.94. The van der Waals surface area contributed by atoms with Gasteiger partial charge in [0, 0.05) is 12.6 Å². The summed E-state index contributed by atoms with van der Waals surface area (Å²) < 4.78 is 6.30. The largest absolute Gasteiger partial charge is 0.414 e. The zero-order chi connectivity index (χ0) is 17.4. The Labute approximate surface area is 140 Å². The lowest BCUT2D eigenvalue weighted by atomic mass is 10.1. The molecule has 1 heterocycles. The van der Waals surface area contributed by atoms with Crippen molar-refractivity contribution in [2.45, 2.75) is 58.4 Å². The molecule has 0 bridgehead atoms. The highest BCUT2D eigenvalue weighted by Gasteiger charge is 2.39. The van der Waals surface area contributed by atoms with Crippen molar-refractivity contribution in [1.29, 1.82) is 0 Å². The Morgan fingerprint density at radius 2 is 1.57 bits per heavy atom. The quantitative estimate of drug-likeness (QED) is 0.602. The first-order valence-corrected chi connectivity index (χ1v) is 11.1. The predicted molar refractivity (Wildman–Crippen MR) is 94.2 cm³/mol. The molecular weight excluding hydrogens is 306 g/mol. The summed E-state index contributed by atoms with van der Waals surface area (Å²) in [7, 11) is -1.83. The van der Waals surface area contributed by atoms with Gasteiger partial charge in [-0.05, 0) is 43.6 Å². The van der Waals surface area contributed by atoms with Crippen LogP contribution in [0.2, 0.25) is 18.1 Å². The number of nitrogens with zero attached hydrogens (tertiary/aromatic N) is 1. The van der Waals surface area contributed by atoms with Crippen molar-refractivity contribution in [3.8, 4) is 0 Å². The van der Waals surface area contributed by atoms with Gasteiger partial charge < -0.3 is 4.43 Å². The maximum atomic E-state index is 12.3. The van der Waals surface area contributed by atoms with E-state index in [0.29, 0.717) is 24.1 Å². The zero-order valence-corrected chi connectivity index (χ0v) is 16.0. The molecule has 1 aromatic carbocycles. The predicted octanol–water partition coefficient (Wildman–Crippen LogP) is 4.08. The van der Waals surface area contributed by atoms with E-state index in [1.54, 1.807) is 24.3 Å². The number of carbonyl (C=O) groups is 2. The highest BCUT2D eigenvalue weighted by Crippen LogP contribution is 2.37. The third kappa shape index (κ3) is 3.56. The van der Waals surface area contributed by atoms with E-state index in [4.69, 9.17) is 4.43 Å². The molecule has 0 aromatic heterocycles. The summed E-state index contributed by atoms with van der Waals surface area (Å²) in [6.45, 7) is 13.5. The van der Waals surface area contributed by atoms with Gasteiger partial charge in [-0.25, -0.2) is 0 Å². The highest BCUT2D eigenvalue weighted by atomic mass is 28.4. The van der Waals surface area contributed by atoms with Gasteiger partial charge in [-0.15, -0.1) is 0 Å². The van der Waals surface area contributed by atoms with Gasteiger partial charge in [-0.1, -0.05) is 32.9 Å². The van der Waals surface area contributed by atoms with Crippen molar-refractivity contribution >= 4 is 20.1 Å². The summed E-state index contributed by atoms with van der Waals surface area (Å²) in [6, 6.07) is 7.00. The summed E-state index contributed by atoms with van der Waals surface area (Å²) in [5.41, 5.74) is 1.02. The molecule has 23 heavy (non-hydrogen) atoms. The van der Waals surface area contributed by atoms with E-state index in [-0.39, 0.29) is 23.0 Å². The minimum absolute atomic E-state index is 0.0280. The van der Waals surface area contributed by atoms with Crippen molar-refractivity contribution in [2.75, 3.05) is 6.54 Å². The number of hydrogen-bond donors (Lipinski definition) is 0. The van der Waals surface area contributed by atoms with E-state index in [1.807, 2.05) is 6.92 Å². The van der Waals surface area contributed by atoms with Crippen LogP contribution in [-0.2, 0) is 4.43 Å². The van der Waals surface area contributed by atoms with Crippen molar-refractivity contribution in [3.63, 3.8) is 0 Å². The minimum atomic E-state index is -1.83. The van der Waals surface area contributed by atoms with Crippen molar-refractivity contribution in [3.05, 3.63) is 35.4 Å². The maximum Gasteiger partial charge on any atom is 0.261 e. The second-order valence-corrected chi connectivity index (χ2v) is 12.5. The number of amides is 2. The van der Waals surface area contributed by atoms with Crippen LogP contribution in [0.15, 0.2) is 24.3 Å². The zero-order valence-electron chi connectivity index (χ0n) is 15.0. The highest BCUT2D eigenvalue weighted by molar-refractivity contribution is 6.74. The second-order valence-electron chi connectivity index (χ2n) is 7.78. The van der Waals surface area contributed by atoms with Crippen LogP contribution in [0.5, 0.6) is 0 Å². The molecule has 0 N–H and O–H groups in total. The molecule has 2 rings (SSSR count). The number of benzene rings is 1. The Balaban J connectivity index is 1.98. The molecule has 0 saturated carbocycles. The Kier molecular flexibility index (Phi) is 4.83. The summed E-state index contributed by atoms with van der Waals surface area (Å²) in [4.78, 5) is 26.0. The lowest BCUT2D eigenvalue weighted by Gasteiger charge is -2.38. The molecule has 0 spiro atoms. The molecule has 1 aliphatic heterocycles. The molecule has 0 aliphatic carbocycles. The molecular formula is C18H27NO3Si. The molecule has 126 valence electrons. The number of hydrogen-bond acceptors (Lipinski definition) is 3. The van der Waals surface area contributed by atoms with E-state index in [0.717, 1.165) is 0 Å². The first kappa shape index (κ1) is 17.9. The van der Waals surface area contributed by atoms with Gasteiger partial charge in [0.15, 0.2) is 8.32 Å². The minimum Gasteiger partial charge on any atom is -0.414 e. The first-order chi connectivity index (χ1) is 10.5. The van der Waals surface area contributed by atoms with Crippen molar-refractivity contribution < 1.29 is 14.0 Å². The number of rotatable bonds is 5. The van der Waals surface area contributed by atoms with Crippen LogP contribution in [0.3, 0.4) is 0 Å². The fraction of sp³-hybridized carbons (Fsp3) is 0.556. The Morgan fingerprint density at radius 3 is 2.00 bits per heavy atom. The van der Waals surface area contributed by atoms with Gasteiger partial charge in [0.2, 0.25) is 0 Å². The molecule has 1 aliphatic rings. The summed E-state index contributed by atoms with van der Waals surface area (Å²) in [6.07, 6.45) is 0.693. The van der Waals surface area contributed by atoms with Gasteiger partial charge in [0.05, 0.1) is 11.1 Å². The van der Waals surface area contributed by atoms with Crippen molar-refractivity contribution in [2.24, 2.45) is 0 Å². The standard InChI is InChI=1S/C18H27NO3Si/c1-13(22-23(5,6)18(2,3)4)11-12-19-16(20)14-9-7-8-10-15(14)17(19)21/h7-10,13H,11-12H2,1-6H3/t13-/m0/s1. The third-order valence-corrected chi connectivity index (χ3v) is 9.54. The number of imide groups is 1. The molecule has 0 saturated heterocycles. The first-order valence-electron chi connectivity index (χ1n) is 8.17. The van der Waals surface area contributed by atoms with Crippen LogP contribution in [0.4, 0.5) is 0 Å². The number of carbonyl (C=O) groups excluding carboxylic acids is 2. The lowest BCUT2D eigenvalue weighted by Crippen LogP contribution is -2.44. The Hall–Kier alpha value is -1.46. The number of fused-ring (bicyclic) bond motifs is 1. The molecule has 5 heteroatoms. The van der Waals surface area contributed by atoms with E-state index in [2.05, 4.69) is 33.9 Å². The van der Waals surface area contributed by atoms with Crippen LogP contribution in [0.25, 0.3) is 0 Å². The van der Waals surface area contributed by atoms with E-state index in [9.17, 15) is 9.59 Å². The SMILES string of the molecule is C[C@@H](CCN1C(=O)c2ccccc2C1=O)O[Si](C)(C)C(C)(C)C. The van der Waals surface area contributed by atoms with Gasteiger partial charge in [0.1, 0.15) is 0 Å². The smallest absolute Gasteiger partial charge is 0.261 e. The normalized spacial score (nSPS) is 16.7. The van der Waals surface area contributed by atoms with Gasteiger partial charge in [0.25, 0.3) is 11.8 Å². The van der Waals surface area contributed by atoms with Gasteiger partial charge in [-0.3, -0.25) is 14.5 Å².